The van der Waals surface area contributed by atoms with E-state index in [1.165, 1.54) is 0 Å². The highest BCUT2D eigenvalue weighted by atomic mass is 16.2. The molecule has 0 radical (unpaired) electrons. The van der Waals surface area contributed by atoms with Crippen molar-refractivity contribution in [1.29, 1.82) is 0 Å². The Bertz CT molecular complexity index is 1130. The summed E-state index contributed by atoms with van der Waals surface area (Å²) in [4.78, 5) is 35.0. The van der Waals surface area contributed by atoms with Gasteiger partial charge in [0.1, 0.15) is 5.82 Å². The lowest BCUT2D eigenvalue weighted by Crippen LogP contribution is -2.34. The summed E-state index contributed by atoms with van der Waals surface area (Å²) < 4.78 is 0. The minimum atomic E-state index is -0.275. The molecule has 4 rings (SSSR count). The number of amides is 2. The number of carbonyl (C=O) groups is 2. The van der Waals surface area contributed by atoms with E-state index in [-0.39, 0.29) is 23.8 Å². The Labute approximate surface area is 193 Å². The summed E-state index contributed by atoms with van der Waals surface area (Å²) in [6.45, 7) is 1.92. The molecule has 0 spiro atoms. The minimum Gasteiger partial charge on any atom is -0.369 e. The second kappa shape index (κ2) is 9.68. The molecule has 1 fully saturated rings. The quantitative estimate of drug-likeness (QED) is 0.510. The van der Waals surface area contributed by atoms with E-state index in [0.29, 0.717) is 17.3 Å². The summed E-state index contributed by atoms with van der Waals surface area (Å²) in [6, 6.07) is 16.7. The summed E-state index contributed by atoms with van der Waals surface area (Å²) in [7, 11) is 1.76. The zero-order valence-electron chi connectivity index (χ0n) is 18.8. The van der Waals surface area contributed by atoms with Gasteiger partial charge in [0.15, 0.2) is 0 Å². The summed E-state index contributed by atoms with van der Waals surface area (Å²) in [5, 5.41) is 6.56. The third-order valence-corrected chi connectivity index (χ3v) is 6.01. The van der Waals surface area contributed by atoms with E-state index in [1.54, 1.807) is 30.3 Å². The third kappa shape index (κ3) is 5.11. The second-order valence-electron chi connectivity index (χ2n) is 8.32. The molecule has 2 atom stereocenters. The van der Waals surface area contributed by atoms with E-state index in [0.717, 1.165) is 36.2 Å². The van der Waals surface area contributed by atoms with Crippen LogP contribution >= 0.6 is 0 Å². The fraction of sp³-hybridized carbons (Fsp3) is 0.280. The number of rotatable bonds is 7. The van der Waals surface area contributed by atoms with Gasteiger partial charge in [-0.3, -0.25) is 9.59 Å². The number of para-hydroxylation sites is 1. The van der Waals surface area contributed by atoms with Crippen LogP contribution in [0.15, 0.2) is 60.8 Å². The van der Waals surface area contributed by atoms with Crippen molar-refractivity contribution >= 4 is 35.0 Å². The molecule has 0 bridgehead atoms. The van der Waals surface area contributed by atoms with Crippen molar-refractivity contribution in [3.63, 3.8) is 0 Å². The van der Waals surface area contributed by atoms with Gasteiger partial charge in [0.25, 0.3) is 5.91 Å². The molecule has 0 saturated heterocycles. The van der Waals surface area contributed by atoms with Crippen LogP contribution in [0.25, 0.3) is 0 Å². The highest BCUT2D eigenvalue weighted by Crippen LogP contribution is 2.29. The standard InChI is InChI=1S/C25H28N6O2/c1-16-15-27-25(30-23(16)29-21-10-6-9-20(21)22(26)32)28-18-13-11-17(12-14-18)24(33)31(2)19-7-4-3-5-8-19/h3-5,7-8,11-15,20-21H,6,9-10H2,1-2H3,(H2,26,32)(H2,27,28,29,30)/t20-,21?/m0/s1. The number of nitrogens with two attached hydrogens (primary N) is 1. The number of benzene rings is 2. The largest absolute Gasteiger partial charge is 0.369 e. The summed E-state index contributed by atoms with van der Waals surface area (Å²) >= 11 is 0. The van der Waals surface area contributed by atoms with Crippen LogP contribution in [-0.2, 0) is 4.79 Å². The van der Waals surface area contributed by atoms with E-state index in [9.17, 15) is 9.59 Å². The molecular weight excluding hydrogens is 416 g/mol. The number of nitrogens with zero attached hydrogens (tertiary/aromatic N) is 3. The Morgan fingerprint density at radius 1 is 1.06 bits per heavy atom. The molecule has 2 aromatic carbocycles. The van der Waals surface area contributed by atoms with Crippen molar-refractivity contribution in [1.82, 2.24) is 9.97 Å². The highest BCUT2D eigenvalue weighted by molar-refractivity contribution is 6.05. The van der Waals surface area contributed by atoms with Gasteiger partial charge in [-0.25, -0.2) is 4.98 Å². The fourth-order valence-electron chi connectivity index (χ4n) is 4.09. The van der Waals surface area contributed by atoms with Crippen LogP contribution in [0.5, 0.6) is 0 Å². The number of hydrogen-bond acceptors (Lipinski definition) is 6. The zero-order valence-corrected chi connectivity index (χ0v) is 18.8. The van der Waals surface area contributed by atoms with Crippen LogP contribution in [0.2, 0.25) is 0 Å². The van der Waals surface area contributed by atoms with Crippen LogP contribution in [0.3, 0.4) is 0 Å². The molecule has 1 aromatic heterocycles. The van der Waals surface area contributed by atoms with Crippen LogP contribution < -0.4 is 21.3 Å². The monoisotopic (exact) mass is 444 g/mol. The Morgan fingerprint density at radius 2 is 1.79 bits per heavy atom. The number of aryl methyl sites for hydroxylation is 1. The molecule has 8 heteroatoms. The van der Waals surface area contributed by atoms with E-state index in [1.807, 2.05) is 49.4 Å². The number of anilines is 4. The van der Waals surface area contributed by atoms with Crippen molar-refractivity contribution in [2.75, 3.05) is 22.6 Å². The van der Waals surface area contributed by atoms with E-state index < -0.39 is 0 Å². The van der Waals surface area contributed by atoms with Gasteiger partial charge < -0.3 is 21.3 Å². The SMILES string of the molecule is Cc1cnc(Nc2ccc(C(=O)N(C)c3ccccc3)cc2)nc1NC1CCC[C@@H]1C(N)=O. The molecular formula is C25H28N6O2. The van der Waals surface area contributed by atoms with Crippen LogP contribution in [-0.4, -0.2) is 34.9 Å². The molecule has 2 amide bonds. The van der Waals surface area contributed by atoms with Crippen molar-refractivity contribution in [2.45, 2.75) is 32.2 Å². The first-order valence-electron chi connectivity index (χ1n) is 11.0. The lowest BCUT2D eigenvalue weighted by Gasteiger charge is -2.20. The van der Waals surface area contributed by atoms with E-state index in [2.05, 4.69) is 20.6 Å². The highest BCUT2D eigenvalue weighted by Gasteiger charge is 2.32. The van der Waals surface area contributed by atoms with Gasteiger partial charge in [-0.15, -0.1) is 0 Å². The first-order chi connectivity index (χ1) is 15.9. The second-order valence-corrected chi connectivity index (χ2v) is 8.32. The molecule has 33 heavy (non-hydrogen) atoms. The predicted octanol–water partition coefficient (Wildman–Crippen LogP) is 3.87. The Hall–Kier alpha value is -3.94. The first kappa shape index (κ1) is 22.3. The number of nitrogens with one attached hydrogen (secondary N) is 2. The molecule has 1 aliphatic rings. The van der Waals surface area contributed by atoms with Crippen molar-refractivity contribution < 1.29 is 9.59 Å². The molecule has 0 aliphatic heterocycles. The zero-order chi connectivity index (χ0) is 23.4. The number of carbonyl (C=O) groups excluding carboxylic acids is 2. The van der Waals surface area contributed by atoms with Gasteiger partial charge in [-0.2, -0.15) is 4.98 Å². The smallest absolute Gasteiger partial charge is 0.258 e. The Morgan fingerprint density at radius 3 is 2.48 bits per heavy atom. The summed E-state index contributed by atoms with van der Waals surface area (Å²) in [5.41, 5.74) is 8.61. The Balaban J connectivity index is 1.44. The minimum absolute atomic E-state index is 0.0177. The molecule has 1 aliphatic carbocycles. The Kier molecular flexibility index (Phi) is 6.53. The maximum atomic E-state index is 12.8. The predicted molar refractivity (Wildman–Crippen MR) is 130 cm³/mol. The normalized spacial score (nSPS) is 17.4. The molecule has 8 nitrogen and oxygen atoms in total. The fourth-order valence-corrected chi connectivity index (χ4v) is 4.09. The average Bonchev–Trinajstić information content (AvgIpc) is 3.30. The lowest BCUT2D eigenvalue weighted by atomic mass is 10.0. The molecule has 1 heterocycles. The number of aromatic nitrogens is 2. The molecule has 3 aromatic rings. The molecule has 1 saturated carbocycles. The molecule has 1 unspecified atom stereocenters. The van der Waals surface area contributed by atoms with Crippen molar-refractivity contribution in [3.05, 3.63) is 71.9 Å². The van der Waals surface area contributed by atoms with Gasteiger partial charge in [-0.05, 0) is 56.2 Å². The average molecular weight is 445 g/mol. The van der Waals surface area contributed by atoms with Crippen LogP contribution in [0.1, 0.15) is 35.2 Å². The summed E-state index contributed by atoms with van der Waals surface area (Å²) in [5.74, 6) is 0.558. The topological polar surface area (TPSA) is 113 Å². The van der Waals surface area contributed by atoms with Crippen molar-refractivity contribution in [3.8, 4) is 0 Å². The number of primary amides is 1. The first-order valence-corrected chi connectivity index (χ1v) is 11.0. The molecule has 4 N–H and O–H groups in total. The molecule has 170 valence electrons. The summed E-state index contributed by atoms with van der Waals surface area (Å²) in [6.07, 6.45) is 4.38. The van der Waals surface area contributed by atoms with Gasteiger partial charge in [0.05, 0.1) is 5.92 Å². The van der Waals surface area contributed by atoms with Crippen LogP contribution in [0.4, 0.5) is 23.1 Å². The number of hydrogen-bond donors (Lipinski definition) is 3. The van der Waals surface area contributed by atoms with Crippen LogP contribution in [0, 0.1) is 12.8 Å². The van der Waals surface area contributed by atoms with Gasteiger partial charge >= 0.3 is 0 Å². The third-order valence-electron chi connectivity index (χ3n) is 6.01. The lowest BCUT2D eigenvalue weighted by molar-refractivity contribution is -0.121. The van der Waals surface area contributed by atoms with E-state index >= 15 is 0 Å². The van der Waals surface area contributed by atoms with Gasteiger partial charge in [0.2, 0.25) is 11.9 Å². The van der Waals surface area contributed by atoms with Gasteiger partial charge in [0, 0.05) is 41.8 Å². The van der Waals surface area contributed by atoms with Gasteiger partial charge in [-0.1, -0.05) is 24.6 Å². The maximum Gasteiger partial charge on any atom is 0.258 e. The van der Waals surface area contributed by atoms with Crippen molar-refractivity contribution in [2.24, 2.45) is 11.7 Å². The van der Waals surface area contributed by atoms with E-state index in [4.69, 9.17) is 5.73 Å². The maximum absolute atomic E-state index is 12.8.